The average molecular weight is 187 g/mol. The van der Waals surface area contributed by atoms with Gasteiger partial charge in [-0.15, -0.1) is 0 Å². The molecule has 2 aromatic rings. The van der Waals surface area contributed by atoms with Gasteiger partial charge in [0.05, 0.1) is 12.1 Å². The third-order valence-corrected chi connectivity index (χ3v) is 2.19. The van der Waals surface area contributed by atoms with Gasteiger partial charge in [0.2, 0.25) is 5.88 Å². The first-order valence-electron chi connectivity index (χ1n) is 4.80. The third-order valence-electron chi connectivity index (χ3n) is 2.19. The van der Waals surface area contributed by atoms with Crippen LogP contribution in [-0.2, 0) is 0 Å². The second kappa shape index (κ2) is 3.66. The Kier molecular flexibility index (Phi) is 2.35. The number of fused-ring (bicyclic) bond motifs is 1. The fourth-order valence-corrected chi connectivity index (χ4v) is 1.51. The van der Waals surface area contributed by atoms with E-state index in [1.54, 1.807) is 0 Å². The highest BCUT2D eigenvalue weighted by Gasteiger charge is 2.00. The largest absolute Gasteiger partial charge is 0.478 e. The zero-order chi connectivity index (χ0) is 9.97. The Morgan fingerprint density at radius 2 is 2.07 bits per heavy atom. The minimum atomic E-state index is 0.657. The molecule has 0 saturated carbocycles. The molecule has 0 atom stereocenters. The van der Waals surface area contributed by atoms with Crippen molar-refractivity contribution in [2.45, 2.75) is 13.8 Å². The molecule has 0 radical (unpaired) electrons. The Hall–Kier alpha value is -1.57. The number of rotatable bonds is 2. The summed E-state index contributed by atoms with van der Waals surface area (Å²) in [5, 5.41) is 1.16. The first kappa shape index (κ1) is 9.00. The Balaban J connectivity index is 2.58. The minimum absolute atomic E-state index is 0.657. The number of benzene rings is 1. The summed E-state index contributed by atoms with van der Waals surface area (Å²) in [6.45, 7) is 4.68. The highest BCUT2D eigenvalue weighted by Crippen LogP contribution is 2.19. The van der Waals surface area contributed by atoms with Gasteiger partial charge in [-0.05, 0) is 25.5 Å². The van der Waals surface area contributed by atoms with Crippen LogP contribution in [0.1, 0.15) is 12.5 Å². The Morgan fingerprint density at radius 3 is 2.86 bits per heavy atom. The lowest BCUT2D eigenvalue weighted by Gasteiger charge is -2.04. The predicted molar refractivity (Wildman–Crippen MR) is 57.6 cm³/mol. The number of nitrogens with zero attached hydrogens (tertiary/aromatic N) is 1. The number of pyridine rings is 1. The van der Waals surface area contributed by atoms with Gasteiger partial charge < -0.3 is 4.74 Å². The standard InChI is InChI=1S/C12H13NO/c1-3-14-11-8-7-10-6-4-5-9(2)12(10)13-11/h4-8H,3H2,1-2H3. The van der Waals surface area contributed by atoms with Crippen LogP contribution in [-0.4, -0.2) is 11.6 Å². The molecule has 2 heteroatoms. The van der Waals surface area contributed by atoms with E-state index < -0.39 is 0 Å². The quantitative estimate of drug-likeness (QED) is 0.721. The van der Waals surface area contributed by atoms with E-state index in [0.29, 0.717) is 12.5 Å². The van der Waals surface area contributed by atoms with Crippen LogP contribution in [0.2, 0.25) is 0 Å². The summed E-state index contributed by atoms with van der Waals surface area (Å²) >= 11 is 0. The Morgan fingerprint density at radius 1 is 1.21 bits per heavy atom. The number of aromatic nitrogens is 1. The van der Waals surface area contributed by atoms with Crippen molar-refractivity contribution in [1.29, 1.82) is 0 Å². The van der Waals surface area contributed by atoms with Gasteiger partial charge in [0, 0.05) is 11.5 Å². The van der Waals surface area contributed by atoms with Crippen LogP contribution in [0.3, 0.4) is 0 Å². The van der Waals surface area contributed by atoms with Gasteiger partial charge in [-0.3, -0.25) is 0 Å². The van der Waals surface area contributed by atoms with Gasteiger partial charge in [-0.1, -0.05) is 18.2 Å². The molecule has 0 spiro atoms. The van der Waals surface area contributed by atoms with Crippen molar-refractivity contribution in [1.82, 2.24) is 4.98 Å². The van der Waals surface area contributed by atoms with E-state index in [-0.39, 0.29) is 0 Å². The van der Waals surface area contributed by atoms with E-state index in [1.807, 2.05) is 25.1 Å². The Labute approximate surface area is 83.5 Å². The normalized spacial score (nSPS) is 10.4. The van der Waals surface area contributed by atoms with Crippen molar-refractivity contribution in [3.8, 4) is 5.88 Å². The van der Waals surface area contributed by atoms with Gasteiger partial charge in [-0.2, -0.15) is 0 Å². The summed E-state index contributed by atoms with van der Waals surface area (Å²) in [5.74, 6) is 0.703. The van der Waals surface area contributed by atoms with Crippen LogP contribution < -0.4 is 4.74 Å². The summed E-state index contributed by atoms with van der Waals surface area (Å²) in [6.07, 6.45) is 0. The summed E-state index contributed by atoms with van der Waals surface area (Å²) in [4.78, 5) is 4.44. The van der Waals surface area contributed by atoms with E-state index in [4.69, 9.17) is 4.74 Å². The first-order valence-corrected chi connectivity index (χ1v) is 4.80. The molecule has 0 aliphatic carbocycles. The van der Waals surface area contributed by atoms with Crippen molar-refractivity contribution in [3.63, 3.8) is 0 Å². The van der Waals surface area contributed by atoms with Crippen LogP contribution in [0.4, 0.5) is 0 Å². The molecule has 1 heterocycles. The molecule has 1 aromatic carbocycles. The molecule has 14 heavy (non-hydrogen) atoms. The molecular weight excluding hydrogens is 174 g/mol. The predicted octanol–water partition coefficient (Wildman–Crippen LogP) is 2.94. The first-order chi connectivity index (χ1) is 6.81. The van der Waals surface area contributed by atoms with Gasteiger partial charge in [0.1, 0.15) is 0 Å². The second-order valence-electron chi connectivity index (χ2n) is 3.23. The lowest BCUT2D eigenvalue weighted by atomic mass is 10.1. The molecule has 72 valence electrons. The van der Waals surface area contributed by atoms with Crippen molar-refractivity contribution < 1.29 is 4.74 Å². The molecule has 0 fully saturated rings. The van der Waals surface area contributed by atoms with Crippen LogP contribution >= 0.6 is 0 Å². The van der Waals surface area contributed by atoms with E-state index in [0.717, 1.165) is 10.9 Å². The third kappa shape index (κ3) is 1.55. The summed E-state index contributed by atoms with van der Waals surface area (Å²) in [7, 11) is 0. The molecule has 1 aromatic heterocycles. The second-order valence-corrected chi connectivity index (χ2v) is 3.23. The van der Waals surface area contributed by atoms with Crippen LogP contribution in [0.25, 0.3) is 10.9 Å². The maximum atomic E-state index is 5.36. The van der Waals surface area contributed by atoms with Crippen molar-refractivity contribution in [2.24, 2.45) is 0 Å². The Bertz CT molecular complexity index is 451. The van der Waals surface area contributed by atoms with Gasteiger partial charge >= 0.3 is 0 Å². The van der Waals surface area contributed by atoms with Gasteiger partial charge in [0.25, 0.3) is 0 Å². The van der Waals surface area contributed by atoms with Crippen molar-refractivity contribution in [2.75, 3.05) is 6.61 Å². The summed E-state index contributed by atoms with van der Waals surface area (Å²) in [5.41, 5.74) is 2.21. The molecular formula is C12H13NO. The number of para-hydroxylation sites is 1. The van der Waals surface area contributed by atoms with Crippen molar-refractivity contribution >= 4 is 10.9 Å². The molecule has 0 saturated heterocycles. The molecule has 0 aliphatic rings. The number of hydrogen-bond donors (Lipinski definition) is 0. The number of aryl methyl sites for hydroxylation is 1. The van der Waals surface area contributed by atoms with E-state index in [9.17, 15) is 0 Å². The summed E-state index contributed by atoms with van der Waals surface area (Å²) < 4.78 is 5.36. The molecule has 0 bridgehead atoms. The van der Waals surface area contributed by atoms with Gasteiger partial charge in [0.15, 0.2) is 0 Å². The molecule has 0 aliphatic heterocycles. The molecule has 0 amide bonds. The zero-order valence-corrected chi connectivity index (χ0v) is 8.45. The summed E-state index contributed by atoms with van der Waals surface area (Å²) in [6, 6.07) is 10.1. The maximum absolute atomic E-state index is 5.36. The van der Waals surface area contributed by atoms with E-state index in [2.05, 4.69) is 24.0 Å². The lowest BCUT2D eigenvalue weighted by Crippen LogP contribution is -1.94. The molecule has 2 nitrogen and oxygen atoms in total. The number of hydrogen-bond acceptors (Lipinski definition) is 2. The molecule has 0 unspecified atom stereocenters. The van der Waals surface area contributed by atoms with Crippen LogP contribution in [0, 0.1) is 6.92 Å². The minimum Gasteiger partial charge on any atom is -0.478 e. The number of ether oxygens (including phenoxy) is 1. The van der Waals surface area contributed by atoms with E-state index >= 15 is 0 Å². The van der Waals surface area contributed by atoms with Gasteiger partial charge in [-0.25, -0.2) is 4.98 Å². The molecule has 0 N–H and O–H groups in total. The fraction of sp³-hybridized carbons (Fsp3) is 0.250. The fourth-order valence-electron chi connectivity index (χ4n) is 1.51. The smallest absolute Gasteiger partial charge is 0.213 e. The van der Waals surface area contributed by atoms with Crippen molar-refractivity contribution in [3.05, 3.63) is 35.9 Å². The zero-order valence-electron chi connectivity index (χ0n) is 8.45. The van der Waals surface area contributed by atoms with Crippen LogP contribution in [0.5, 0.6) is 5.88 Å². The maximum Gasteiger partial charge on any atom is 0.213 e. The highest BCUT2D eigenvalue weighted by atomic mass is 16.5. The monoisotopic (exact) mass is 187 g/mol. The van der Waals surface area contributed by atoms with Crippen LogP contribution in [0.15, 0.2) is 30.3 Å². The SMILES string of the molecule is CCOc1ccc2cccc(C)c2n1. The highest BCUT2D eigenvalue weighted by molar-refractivity contribution is 5.82. The lowest BCUT2D eigenvalue weighted by molar-refractivity contribution is 0.328. The van der Waals surface area contributed by atoms with E-state index in [1.165, 1.54) is 5.56 Å². The average Bonchev–Trinajstić information content (AvgIpc) is 2.20. The molecule has 2 rings (SSSR count). The topological polar surface area (TPSA) is 22.1 Å².